The number of hydrogen-bond acceptors (Lipinski definition) is 2. The third-order valence-corrected chi connectivity index (χ3v) is 4.33. The van der Waals surface area contributed by atoms with Gasteiger partial charge in [0.2, 0.25) is 0 Å². The first kappa shape index (κ1) is 15.6. The molecule has 2 heterocycles. The maximum Gasteiger partial charge on any atom is 0.138 e. The number of benzene rings is 2. The van der Waals surface area contributed by atoms with Crippen LogP contribution in [0.4, 0.5) is 0 Å². The lowest BCUT2D eigenvalue weighted by molar-refractivity contribution is 1.11. The van der Waals surface area contributed by atoms with E-state index in [1.807, 2.05) is 54.6 Å². The van der Waals surface area contributed by atoms with Crippen LogP contribution < -0.4 is 0 Å². The second-order valence-corrected chi connectivity index (χ2v) is 6.25. The molecule has 0 aliphatic heterocycles. The van der Waals surface area contributed by atoms with Crippen molar-refractivity contribution in [3.05, 3.63) is 95.4 Å². The molecule has 0 fully saturated rings. The first-order valence-electron chi connectivity index (χ1n) is 8.09. The lowest BCUT2D eigenvalue weighted by atomic mass is 10.1. The Morgan fingerprint density at radius 2 is 1.52 bits per heavy atom. The number of hydrogen-bond donors (Lipinski definition) is 1. The summed E-state index contributed by atoms with van der Waals surface area (Å²) < 4.78 is 0. The first-order valence-corrected chi connectivity index (χ1v) is 8.46. The van der Waals surface area contributed by atoms with Crippen LogP contribution in [0.2, 0.25) is 5.02 Å². The molecule has 4 aromatic rings. The quantitative estimate of drug-likeness (QED) is 0.539. The fourth-order valence-corrected chi connectivity index (χ4v) is 2.95. The lowest BCUT2D eigenvalue weighted by Gasteiger charge is -2.03. The lowest BCUT2D eigenvalue weighted by Crippen LogP contribution is -1.91. The van der Waals surface area contributed by atoms with Crippen LogP contribution in [0, 0.1) is 0 Å². The second kappa shape index (κ2) is 6.91. The summed E-state index contributed by atoms with van der Waals surface area (Å²) in [5, 5.41) is 0.717. The van der Waals surface area contributed by atoms with Gasteiger partial charge in [-0.05, 0) is 42.0 Å². The monoisotopic (exact) mass is 345 g/mol. The molecule has 0 radical (unpaired) electrons. The van der Waals surface area contributed by atoms with Crippen molar-refractivity contribution in [3.8, 4) is 22.6 Å². The Morgan fingerprint density at radius 3 is 2.24 bits per heavy atom. The molecule has 3 nitrogen and oxygen atoms in total. The minimum atomic E-state index is 0.717. The summed E-state index contributed by atoms with van der Waals surface area (Å²) in [6, 6.07) is 22.1. The Morgan fingerprint density at radius 1 is 0.800 bits per heavy atom. The molecule has 4 heteroatoms. The summed E-state index contributed by atoms with van der Waals surface area (Å²) in [7, 11) is 0. The van der Waals surface area contributed by atoms with E-state index in [0.29, 0.717) is 5.02 Å². The zero-order valence-electron chi connectivity index (χ0n) is 13.5. The number of imidazole rings is 1. The first-order chi connectivity index (χ1) is 12.3. The van der Waals surface area contributed by atoms with Crippen LogP contribution >= 0.6 is 11.6 Å². The molecule has 0 bridgehead atoms. The Balaban J connectivity index is 1.79. The molecule has 0 amide bonds. The highest BCUT2D eigenvalue weighted by molar-refractivity contribution is 6.30. The summed E-state index contributed by atoms with van der Waals surface area (Å²) >= 11 is 6.00. The van der Waals surface area contributed by atoms with Gasteiger partial charge >= 0.3 is 0 Å². The highest BCUT2D eigenvalue weighted by atomic mass is 35.5. The van der Waals surface area contributed by atoms with Crippen molar-refractivity contribution in [1.82, 2.24) is 15.0 Å². The molecular formula is C21H16ClN3. The predicted octanol–water partition coefficient (Wildman–Crippen LogP) is 5.38. The minimum absolute atomic E-state index is 0.717. The second-order valence-electron chi connectivity index (χ2n) is 5.81. The van der Waals surface area contributed by atoms with E-state index in [2.05, 4.69) is 22.1 Å². The molecule has 1 N–H and O–H groups in total. The molecule has 2 aromatic heterocycles. The normalized spacial score (nSPS) is 10.8. The van der Waals surface area contributed by atoms with Crippen LogP contribution in [0.25, 0.3) is 22.6 Å². The maximum atomic E-state index is 6.00. The highest BCUT2D eigenvalue weighted by Crippen LogP contribution is 2.28. The van der Waals surface area contributed by atoms with Gasteiger partial charge in [0.1, 0.15) is 5.82 Å². The maximum absolute atomic E-state index is 6.00. The Kier molecular flexibility index (Phi) is 4.32. The van der Waals surface area contributed by atoms with Crippen molar-refractivity contribution < 1.29 is 0 Å². The minimum Gasteiger partial charge on any atom is -0.338 e. The van der Waals surface area contributed by atoms with E-state index >= 15 is 0 Å². The number of nitrogens with one attached hydrogen (secondary N) is 1. The SMILES string of the molecule is Clc1ccc(-c2nc(Cc3ccccc3)c(-c3ccncc3)[nH]2)cc1. The van der Waals surface area contributed by atoms with Crippen molar-refractivity contribution in [2.45, 2.75) is 6.42 Å². The Hall–Kier alpha value is -2.91. The highest BCUT2D eigenvalue weighted by Gasteiger charge is 2.14. The number of nitrogens with zero attached hydrogens (tertiary/aromatic N) is 2. The van der Waals surface area contributed by atoms with Crippen LogP contribution in [0.1, 0.15) is 11.3 Å². The van der Waals surface area contributed by atoms with E-state index in [-0.39, 0.29) is 0 Å². The van der Waals surface area contributed by atoms with Crippen molar-refractivity contribution in [1.29, 1.82) is 0 Å². The van der Waals surface area contributed by atoms with E-state index in [1.165, 1.54) is 5.56 Å². The number of aromatic amines is 1. The fourth-order valence-electron chi connectivity index (χ4n) is 2.83. The fraction of sp³-hybridized carbons (Fsp3) is 0.0476. The molecule has 0 aliphatic carbocycles. The van der Waals surface area contributed by atoms with Gasteiger partial charge in [0.25, 0.3) is 0 Å². The Labute approximate surface area is 151 Å². The third-order valence-electron chi connectivity index (χ3n) is 4.08. The molecule has 0 saturated carbocycles. The van der Waals surface area contributed by atoms with Crippen molar-refractivity contribution in [2.24, 2.45) is 0 Å². The van der Waals surface area contributed by atoms with Gasteiger partial charge in [0.05, 0.1) is 11.4 Å². The summed E-state index contributed by atoms with van der Waals surface area (Å²) in [6.45, 7) is 0. The number of pyridine rings is 1. The molecule has 0 atom stereocenters. The van der Waals surface area contributed by atoms with Crippen LogP contribution in [-0.2, 0) is 6.42 Å². The van der Waals surface area contributed by atoms with Gasteiger partial charge < -0.3 is 4.98 Å². The van der Waals surface area contributed by atoms with Gasteiger partial charge in [0, 0.05) is 35.0 Å². The van der Waals surface area contributed by atoms with Crippen LogP contribution in [0.5, 0.6) is 0 Å². The van der Waals surface area contributed by atoms with E-state index < -0.39 is 0 Å². The van der Waals surface area contributed by atoms with Crippen LogP contribution in [0.3, 0.4) is 0 Å². The van der Waals surface area contributed by atoms with Crippen LogP contribution in [0.15, 0.2) is 79.1 Å². The molecule has 0 saturated heterocycles. The van der Waals surface area contributed by atoms with Gasteiger partial charge in [-0.2, -0.15) is 0 Å². The summed E-state index contributed by atoms with van der Waals surface area (Å²) in [4.78, 5) is 12.4. The van der Waals surface area contributed by atoms with Crippen LogP contribution in [-0.4, -0.2) is 15.0 Å². The van der Waals surface area contributed by atoms with Gasteiger partial charge in [-0.1, -0.05) is 41.9 Å². The van der Waals surface area contributed by atoms with Gasteiger partial charge in [0.15, 0.2) is 0 Å². The standard InChI is InChI=1S/C21H16ClN3/c22-18-8-6-17(7-9-18)21-24-19(14-15-4-2-1-3-5-15)20(25-21)16-10-12-23-13-11-16/h1-13H,14H2,(H,24,25). The molecule has 25 heavy (non-hydrogen) atoms. The predicted molar refractivity (Wildman–Crippen MR) is 102 cm³/mol. The van der Waals surface area contributed by atoms with E-state index in [9.17, 15) is 0 Å². The average Bonchev–Trinajstić information content (AvgIpc) is 3.08. The summed E-state index contributed by atoms with van der Waals surface area (Å²) in [5.74, 6) is 0.842. The third kappa shape index (κ3) is 3.47. The van der Waals surface area contributed by atoms with Crippen molar-refractivity contribution >= 4 is 11.6 Å². The molecule has 4 rings (SSSR count). The van der Waals surface area contributed by atoms with E-state index in [0.717, 1.165) is 34.8 Å². The molecule has 122 valence electrons. The Bertz CT molecular complexity index is 961. The van der Waals surface area contributed by atoms with Crippen molar-refractivity contribution in [3.63, 3.8) is 0 Å². The number of H-pyrrole nitrogens is 1. The number of aromatic nitrogens is 3. The number of halogens is 1. The molecule has 0 spiro atoms. The molecule has 0 aliphatic rings. The average molecular weight is 346 g/mol. The van der Waals surface area contributed by atoms with Gasteiger partial charge in [-0.3, -0.25) is 4.98 Å². The van der Waals surface area contributed by atoms with Gasteiger partial charge in [-0.15, -0.1) is 0 Å². The van der Waals surface area contributed by atoms with Gasteiger partial charge in [-0.25, -0.2) is 4.98 Å². The van der Waals surface area contributed by atoms with E-state index in [1.54, 1.807) is 12.4 Å². The molecule has 0 unspecified atom stereocenters. The summed E-state index contributed by atoms with van der Waals surface area (Å²) in [5.41, 5.74) is 5.36. The summed E-state index contributed by atoms with van der Waals surface area (Å²) in [6.07, 6.45) is 4.36. The van der Waals surface area contributed by atoms with Crippen molar-refractivity contribution in [2.75, 3.05) is 0 Å². The largest absolute Gasteiger partial charge is 0.338 e. The van der Waals surface area contributed by atoms with E-state index in [4.69, 9.17) is 16.6 Å². The molecule has 2 aromatic carbocycles. The molecular weight excluding hydrogens is 330 g/mol. The zero-order chi connectivity index (χ0) is 17.1. The zero-order valence-corrected chi connectivity index (χ0v) is 14.2. The topological polar surface area (TPSA) is 41.6 Å². The smallest absolute Gasteiger partial charge is 0.138 e. The number of rotatable bonds is 4.